The van der Waals surface area contributed by atoms with Gasteiger partial charge in [0, 0.05) is 21.9 Å². The number of hydrogen-bond donors (Lipinski definition) is 1. The summed E-state index contributed by atoms with van der Waals surface area (Å²) < 4.78 is 45.9. The predicted octanol–water partition coefficient (Wildman–Crippen LogP) is 2.15. The molecular formula is C11H12F3IN2O3. The molecule has 0 aliphatic carbocycles. The van der Waals surface area contributed by atoms with Crippen molar-refractivity contribution in [3.8, 4) is 5.88 Å². The Balaban J connectivity index is 3.16. The van der Waals surface area contributed by atoms with Crippen LogP contribution in [0.25, 0.3) is 0 Å². The quantitative estimate of drug-likeness (QED) is 0.602. The van der Waals surface area contributed by atoms with Crippen LogP contribution >= 0.6 is 22.6 Å². The van der Waals surface area contributed by atoms with Crippen molar-refractivity contribution in [3.05, 3.63) is 20.9 Å². The molecule has 9 heteroatoms. The van der Waals surface area contributed by atoms with Crippen LogP contribution < -0.4 is 10.5 Å². The number of alkyl halides is 3. The van der Waals surface area contributed by atoms with Crippen molar-refractivity contribution < 1.29 is 27.4 Å². The minimum Gasteiger partial charge on any atom is -0.466 e. The van der Waals surface area contributed by atoms with Crippen LogP contribution in [0.3, 0.4) is 0 Å². The number of hydrogen-bond acceptors (Lipinski definition) is 5. The molecule has 0 aliphatic heterocycles. The monoisotopic (exact) mass is 404 g/mol. The number of carbonyl (C=O) groups excluding carboxylic acids is 1. The summed E-state index contributed by atoms with van der Waals surface area (Å²) in [7, 11) is 0. The second-order valence-electron chi connectivity index (χ2n) is 3.61. The maximum atomic E-state index is 12.3. The third kappa shape index (κ3) is 4.78. The van der Waals surface area contributed by atoms with Crippen LogP contribution in [0.1, 0.15) is 18.1 Å². The van der Waals surface area contributed by atoms with E-state index in [1.54, 1.807) is 29.5 Å². The van der Waals surface area contributed by atoms with Crippen LogP contribution in [0.2, 0.25) is 0 Å². The molecule has 0 spiro atoms. The summed E-state index contributed by atoms with van der Waals surface area (Å²) in [5.41, 5.74) is 6.01. The smallest absolute Gasteiger partial charge is 0.466 e. The number of carbonyl (C=O) groups is 1. The Morgan fingerprint density at radius 1 is 1.50 bits per heavy atom. The summed E-state index contributed by atoms with van der Waals surface area (Å²) in [6.07, 6.45) is -4.06. The van der Waals surface area contributed by atoms with Gasteiger partial charge in [0.1, 0.15) is 0 Å². The SMILES string of the molecule is CCOC(=O)Cc1c(OC(F)(F)F)ncc(CN)c1I. The highest BCUT2D eigenvalue weighted by Gasteiger charge is 2.34. The molecular weight excluding hydrogens is 392 g/mol. The number of pyridine rings is 1. The van der Waals surface area contributed by atoms with Crippen molar-refractivity contribution in [1.29, 1.82) is 0 Å². The fourth-order valence-electron chi connectivity index (χ4n) is 1.41. The largest absolute Gasteiger partial charge is 0.574 e. The van der Waals surface area contributed by atoms with Gasteiger partial charge in [0.15, 0.2) is 0 Å². The number of rotatable bonds is 5. The molecule has 0 unspecified atom stereocenters. The van der Waals surface area contributed by atoms with Gasteiger partial charge in [-0.2, -0.15) is 0 Å². The molecule has 1 heterocycles. The number of esters is 1. The fraction of sp³-hybridized carbons (Fsp3) is 0.455. The third-order valence-corrected chi connectivity index (χ3v) is 3.55. The van der Waals surface area contributed by atoms with Crippen LogP contribution in [0, 0.1) is 3.57 Å². The standard InChI is InChI=1S/C11H12F3IN2O3/c1-2-19-8(18)3-7-9(15)6(4-16)5-17-10(7)20-11(12,13)14/h5H,2-4,16H2,1H3. The predicted molar refractivity (Wildman–Crippen MR) is 71.9 cm³/mol. The van der Waals surface area contributed by atoms with E-state index in [9.17, 15) is 18.0 Å². The summed E-state index contributed by atoms with van der Waals surface area (Å²) in [4.78, 5) is 15.0. The summed E-state index contributed by atoms with van der Waals surface area (Å²) in [6.45, 7) is 1.83. The van der Waals surface area contributed by atoms with Gasteiger partial charge in [0.2, 0.25) is 5.88 Å². The van der Waals surface area contributed by atoms with E-state index >= 15 is 0 Å². The molecule has 1 aromatic heterocycles. The van der Waals surface area contributed by atoms with Gasteiger partial charge in [-0.25, -0.2) is 4.98 Å². The lowest BCUT2D eigenvalue weighted by Gasteiger charge is -2.15. The molecule has 0 saturated heterocycles. The lowest BCUT2D eigenvalue weighted by molar-refractivity contribution is -0.276. The highest BCUT2D eigenvalue weighted by atomic mass is 127. The maximum absolute atomic E-state index is 12.3. The van der Waals surface area contributed by atoms with Crippen molar-refractivity contribution in [1.82, 2.24) is 4.98 Å². The molecule has 0 radical (unpaired) electrons. The Morgan fingerprint density at radius 2 is 2.15 bits per heavy atom. The van der Waals surface area contributed by atoms with Crippen molar-refractivity contribution in [2.75, 3.05) is 6.61 Å². The van der Waals surface area contributed by atoms with E-state index in [-0.39, 0.29) is 25.1 Å². The molecule has 0 bridgehead atoms. The number of ether oxygens (including phenoxy) is 2. The number of nitrogens with two attached hydrogens (primary N) is 1. The van der Waals surface area contributed by atoms with Gasteiger partial charge in [-0.05, 0) is 35.1 Å². The van der Waals surface area contributed by atoms with Crippen molar-refractivity contribution in [2.24, 2.45) is 5.73 Å². The van der Waals surface area contributed by atoms with Gasteiger partial charge in [-0.15, -0.1) is 13.2 Å². The van der Waals surface area contributed by atoms with E-state index < -0.39 is 18.2 Å². The summed E-state index contributed by atoms with van der Waals surface area (Å²) in [6, 6.07) is 0. The first kappa shape index (κ1) is 17.0. The highest BCUT2D eigenvalue weighted by molar-refractivity contribution is 14.1. The van der Waals surface area contributed by atoms with Crippen molar-refractivity contribution in [3.63, 3.8) is 0 Å². The van der Waals surface area contributed by atoms with Crippen LogP contribution in [0.4, 0.5) is 13.2 Å². The Bertz CT molecular complexity index is 495. The number of aromatic nitrogens is 1. The lowest BCUT2D eigenvalue weighted by atomic mass is 10.1. The van der Waals surface area contributed by atoms with E-state index in [4.69, 9.17) is 10.5 Å². The molecule has 0 saturated carbocycles. The molecule has 5 nitrogen and oxygen atoms in total. The highest BCUT2D eigenvalue weighted by Crippen LogP contribution is 2.29. The Kier molecular flexibility index (Phi) is 5.99. The zero-order chi connectivity index (χ0) is 15.3. The van der Waals surface area contributed by atoms with Gasteiger partial charge in [-0.3, -0.25) is 4.79 Å². The lowest BCUT2D eigenvalue weighted by Crippen LogP contribution is -2.21. The van der Waals surface area contributed by atoms with Crippen LogP contribution in [-0.2, 0) is 22.5 Å². The third-order valence-electron chi connectivity index (χ3n) is 2.20. The average Bonchev–Trinajstić information content (AvgIpc) is 2.32. The summed E-state index contributed by atoms with van der Waals surface area (Å²) in [5, 5.41) is 0. The van der Waals surface area contributed by atoms with Gasteiger partial charge in [0.25, 0.3) is 0 Å². The fourth-order valence-corrected chi connectivity index (χ4v) is 2.19. The maximum Gasteiger partial charge on any atom is 0.574 e. The van der Waals surface area contributed by atoms with E-state index in [0.717, 1.165) is 0 Å². The first-order valence-corrected chi connectivity index (χ1v) is 6.64. The van der Waals surface area contributed by atoms with Gasteiger partial charge >= 0.3 is 12.3 Å². The van der Waals surface area contributed by atoms with Crippen molar-refractivity contribution >= 4 is 28.6 Å². The Hall–Kier alpha value is -1.10. The Morgan fingerprint density at radius 3 is 2.65 bits per heavy atom. The molecule has 0 amide bonds. The number of halogens is 4. The number of nitrogens with zero attached hydrogens (tertiary/aromatic N) is 1. The molecule has 0 fully saturated rings. The summed E-state index contributed by atoms with van der Waals surface area (Å²) >= 11 is 1.80. The van der Waals surface area contributed by atoms with Gasteiger partial charge in [-0.1, -0.05) is 0 Å². The van der Waals surface area contributed by atoms with Gasteiger partial charge in [0.05, 0.1) is 13.0 Å². The first-order valence-electron chi connectivity index (χ1n) is 5.56. The Labute approximate surface area is 126 Å². The van der Waals surface area contributed by atoms with E-state index in [2.05, 4.69) is 9.72 Å². The average molecular weight is 404 g/mol. The zero-order valence-corrected chi connectivity index (χ0v) is 12.6. The van der Waals surface area contributed by atoms with E-state index in [1.807, 2.05) is 0 Å². The van der Waals surface area contributed by atoms with Gasteiger partial charge < -0.3 is 15.2 Å². The van der Waals surface area contributed by atoms with Crippen molar-refractivity contribution in [2.45, 2.75) is 26.3 Å². The summed E-state index contributed by atoms with van der Waals surface area (Å²) in [5.74, 6) is -1.32. The molecule has 1 aromatic rings. The van der Waals surface area contributed by atoms with Crippen LogP contribution in [0.5, 0.6) is 5.88 Å². The molecule has 0 aliphatic rings. The molecule has 0 atom stereocenters. The minimum atomic E-state index is -4.89. The topological polar surface area (TPSA) is 74.4 Å². The second kappa shape index (κ2) is 7.07. The zero-order valence-electron chi connectivity index (χ0n) is 10.5. The normalized spacial score (nSPS) is 11.3. The van der Waals surface area contributed by atoms with E-state index in [1.165, 1.54) is 6.20 Å². The molecule has 1 rings (SSSR count). The van der Waals surface area contributed by atoms with Crippen LogP contribution in [0.15, 0.2) is 6.20 Å². The van der Waals surface area contributed by atoms with E-state index in [0.29, 0.717) is 9.13 Å². The molecule has 20 heavy (non-hydrogen) atoms. The molecule has 0 aromatic carbocycles. The van der Waals surface area contributed by atoms with Crippen LogP contribution in [-0.4, -0.2) is 23.9 Å². The minimum absolute atomic E-state index is 0.0179. The first-order chi connectivity index (χ1) is 9.28. The molecule has 112 valence electrons. The molecule has 2 N–H and O–H groups in total. The second-order valence-corrected chi connectivity index (χ2v) is 4.69.